The molecule has 2 heterocycles. The third-order valence-electron chi connectivity index (χ3n) is 5.57. The average Bonchev–Trinajstić information content (AvgIpc) is 3.16. The first-order chi connectivity index (χ1) is 13.1. The van der Waals surface area contributed by atoms with Gasteiger partial charge in [-0.15, -0.1) is 0 Å². The third-order valence-corrected chi connectivity index (χ3v) is 5.57. The second kappa shape index (κ2) is 7.65. The van der Waals surface area contributed by atoms with Crippen molar-refractivity contribution >= 4 is 16.6 Å². The lowest BCUT2D eigenvalue weighted by Gasteiger charge is -2.31. The smallest absolute Gasteiger partial charge is 0.167 e. The molecule has 0 saturated carbocycles. The van der Waals surface area contributed by atoms with Crippen LogP contribution >= 0.6 is 0 Å². The molecule has 0 spiro atoms. The molecule has 1 atom stereocenters. The van der Waals surface area contributed by atoms with E-state index in [1.54, 1.807) is 0 Å². The molecular formula is C23H27N3O. The molecule has 1 aliphatic heterocycles. The summed E-state index contributed by atoms with van der Waals surface area (Å²) >= 11 is 0. The molecule has 1 N–H and O–H groups in total. The number of hydrogen-bond donors (Lipinski definition) is 1. The molecule has 0 unspecified atom stereocenters. The van der Waals surface area contributed by atoms with Gasteiger partial charge in [0.25, 0.3) is 0 Å². The molecular weight excluding hydrogens is 334 g/mol. The maximum absolute atomic E-state index is 13.3. The lowest BCUT2D eigenvalue weighted by Crippen LogP contribution is -2.38. The standard InChI is InChI=1S/C23H27N3O/c1-16(2)22-13-19(24-25-22)15-26-12-6-9-18(14-26)23(27)21-11-5-8-17-7-3-4-10-20(17)21/h3-5,7-8,10-11,13,16,18H,6,9,12,14-15H2,1-2H3,(H,24,25)/t18-/m1/s1. The molecule has 0 radical (unpaired) electrons. The number of aromatic amines is 1. The summed E-state index contributed by atoms with van der Waals surface area (Å²) in [6.07, 6.45) is 2.03. The highest BCUT2D eigenvalue weighted by Gasteiger charge is 2.27. The third kappa shape index (κ3) is 3.81. The summed E-state index contributed by atoms with van der Waals surface area (Å²) in [4.78, 5) is 15.6. The Balaban J connectivity index is 1.49. The molecule has 1 fully saturated rings. The molecule has 1 aliphatic rings. The Labute approximate surface area is 160 Å². The van der Waals surface area contributed by atoms with Crippen LogP contribution in [-0.4, -0.2) is 34.0 Å². The summed E-state index contributed by atoms with van der Waals surface area (Å²) in [6.45, 7) is 6.99. The number of hydrogen-bond acceptors (Lipinski definition) is 3. The maximum Gasteiger partial charge on any atom is 0.167 e. The number of nitrogens with one attached hydrogen (secondary N) is 1. The van der Waals surface area contributed by atoms with E-state index in [9.17, 15) is 4.79 Å². The largest absolute Gasteiger partial charge is 0.297 e. The van der Waals surface area contributed by atoms with Crippen molar-refractivity contribution < 1.29 is 4.79 Å². The minimum Gasteiger partial charge on any atom is -0.297 e. The second-order valence-corrected chi connectivity index (χ2v) is 7.94. The van der Waals surface area contributed by atoms with Crippen LogP contribution < -0.4 is 0 Å². The lowest BCUT2D eigenvalue weighted by molar-refractivity contribution is 0.0812. The minimum absolute atomic E-state index is 0.0667. The van der Waals surface area contributed by atoms with Crippen LogP contribution in [0.3, 0.4) is 0 Å². The number of likely N-dealkylation sites (tertiary alicyclic amines) is 1. The van der Waals surface area contributed by atoms with E-state index in [0.29, 0.717) is 5.92 Å². The zero-order valence-corrected chi connectivity index (χ0v) is 16.1. The van der Waals surface area contributed by atoms with E-state index >= 15 is 0 Å². The molecule has 1 aromatic heterocycles. The number of nitrogens with zero attached hydrogens (tertiary/aromatic N) is 2. The molecule has 3 aromatic rings. The number of ketones is 1. The SMILES string of the molecule is CC(C)c1cc(CN2CCC[C@@H](C(=O)c3cccc4ccccc34)C2)[nH]n1. The number of H-pyrrole nitrogens is 1. The van der Waals surface area contributed by atoms with E-state index in [-0.39, 0.29) is 11.7 Å². The van der Waals surface area contributed by atoms with Crippen LogP contribution in [0.4, 0.5) is 0 Å². The summed E-state index contributed by atoms with van der Waals surface area (Å²) in [5.74, 6) is 0.776. The first-order valence-electron chi connectivity index (χ1n) is 9.90. The molecule has 4 nitrogen and oxygen atoms in total. The Morgan fingerprint density at radius 3 is 2.85 bits per heavy atom. The van der Waals surface area contributed by atoms with Gasteiger partial charge in [-0.25, -0.2) is 0 Å². The molecule has 2 aromatic carbocycles. The van der Waals surface area contributed by atoms with Gasteiger partial charge in [0.2, 0.25) is 0 Å². The van der Waals surface area contributed by atoms with Crippen molar-refractivity contribution in [1.82, 2.24) is 15.1 Å². The highest BCUT2D eigenvalue weighted by atomic mass is 16.1. The molecule has 4 heteroatoms. The molecule has 27 heavy (non-hydrogen) atoms. The fourth-order valence-corrected chi connectivity index (χ4v) is 4.07. The van der Waals surface area contributed by atoms with Gasteiger partial charge in [0, 0.05) is 30.3 Å². The predicted molar refractivity (Wildman–Crippen MR) is 109 cm³/mol. The Kier molecular flexibility index (Phi) is 5.08. The molecule has 4 rings (SSSR count). The van der Waals surface area contributed by atoms with Crippen LogP contribution in [0.25, 0.3) is 10.8 Å². The molecule has 140 valence electrons. The molecule has 0 aliphatic carbocycles. The van der Waals surface area contributed by atoms with Crippen LogP contribution in [0.1, 0.15) is 54.4 Å². The highest BCUT2D eigenvalue weighted by Crippen LogP contribution is 2.26. The Hall–Kier alpha value is -2.46. The summed E-state index contributed by atoms with van der Waals surface area (Å²) in [5.41, 5.74) is 3.10. The summed E-state index contributed by atoms with van der Waals surface area (Å²) < 4.78 is 0. The summed E-state index contributed by atoms with van der Waals surface area (Å²) in [6, 6.07) is 16.4. The quantitative estimate of drug-likeness (QED) is 0.665. The molecule has 0 amide bonds. The number of fused-ring (bicyclic) bond motifs is 1. The van der Waals surface area contributed by atoms with Crippen molar-refractivity contribution in [2.75, 3.05) is 13.1 Å². The van der Waals surface area contributed by atoms with Gasteiger partial charge in [0.15, 0.2) is 5.78 Å². The van der Waals surface area contributed by atoms with Crippen molar-refractivity contribution in [3.8, 4) is 0 Å². The van der Waals surface area contributed by atoms with E-state index < -0.39 is 0 Å². The van der Waals surface area contributed by atoms with Gasteiger partial charge in [0.05, 0.1) is 5.69 Å². The van der Waals surface area contributed by atoms with Crippen molar-refractivity contribution in [2.24, 2.45) is 5.92 Å². The van der Waals surface area contributed by atoms with Crippen LogP contribution in [0.15, 0.2) is 48.5 Å². The van der Waals surface area contributed by atoms with Crippen molar-refractivity contribution in [3.63, 3.8) is 0 Å². The van der Waals surface area contributed by atoms with E-state index in [0.717, 1.165) is 60.2 Å². The van der Waals surface area contributed by atoms with Crippen LogP contribution in [0.5, 0.6) is 0 Å². The fourth-order valence-electron chi connectivity index (χ4n) is 4.07. The van der Waals surface area contributed by atoms with Gasteiger partial charge >= 0.3 is 0 Å². The van der Waals surface area contributed by atoms with Crippen molar-refractivity contribution in [3.05, 3.63) is 65.5 Å². The van der Waals surface area contributed by atoms with Crippen LogP contribution in [0, 0.1) is 5.92 Å². The van der Waals surface area contributed by atoms with E-state index in [1.807, 2.05) is 24.3 Å². The van der Waals surface area contributed by atoms with Crippen LogP contribution in [0.2, 0.25) is 0 Å². The van der Waals surface area contributed by atoms with Gasteiger partial charge in [-0.05, 0) is 42.1 Å². The van der Waals surface area contributed by atoms with Gasteiger partial charge in [-0.1, -0.05) is 56.3 Å². The number of carbonyl (C=O) groups excluding carboxylic acids is 1. The average molecular weight is 361 g/mol. The van der Waals surface area contributed by atoms with Gasteiger partial charge < -0.3 is 0 Å². The topological polar surface area (TPSA) is 49.0 Å². The number of benzene rings is 2. The fraction of sp³-hybridized carbons (Fsp3) is 0.391. The maximum atomic E-state index is 13.3. The zero-order chi connectivity index (χ0) is 18.8. The Morgan fingerprint density at radius 2 is 2.04 bits per heavy atom. The Morgan fingerprint density at radius 1 is 1.22 bits per heavy atom. The van der Waals surface area contributed by atoms with Gasteiger partial charge in [-0.3, -0.25) is 14.8 Å². The number of aromatic nitrogens is 2. The number of piperidine rings is 1. The number of carbonyl (C=O) groups is 1. The van der Waals surface area contributed by atoms with Gasteiger partial charge in [-0.2, -0.15) is 5.10 Å². The van der Waals surface area contributed by atoms with E-state index in [2.05, 4.69) is 53.2 Å². The predicted octanol–water partition coefficient (Wildman–Crippen LogP) is 4.78. The van der Waals surface area contributed by atoms with Crippen LogP contribution in [-0.2, 0) is 6.54 Å². The highest BCUT2D eigenvalue weighted by molar-refractivity contribution is 6.09. The first-order valence-corrected chi connectivity index (χ1v) is 9.90. The van der Waals surface area contributed by atoms with Crippen molar-refractivity contribution in [1.29, 1.82) is 0 Å². The second-order valence-electron chi connectivity index (χ2n) is 7.94. The van der Waals surface area contributed by atoms with Gasteiger partial charge in [0.1, 0.15) is 0 Å². The van der Waals surface area contributed by atoms with Crippen molar-refractivity contribution in [2.45, 2.75) is 39.2 Å². The first kappa shape index (κ1) is 17.9. The normalized spacial score (nSPS) is 18.3. The Bertz CT molecular complexity index is 938. The van der Waals surface area contributed by atoms with E-state index in [1.165, 1.54) is 0 Å². The minimum atomic E-state index is 0.0667. The van der Waals surface area contributed by atoms with E-state index in [4.69, 9.17) is 0 Å². The number of Topliss-reactive ketones (excluding diaryl/α,β-unsaturated/α-hetero) is 1. The number of rotatable bonds is 5. The lowest BCUT2D eigenvalue weighted by atomic mass is 9.88. The summed E-state index contributed by atoms with van der Waals surface area (Å²) in [7, 11) is 0. The molecule has 0 bridgehead atoms. The monoisotopic (exact) mass is 361 g/mol. The zero-order valence-electron chi connectivity index (χ0n) is 16.1. The summed E-state index contributed by atoms with van der Waals surface area (Å²) in [5, 5.41) is 9.76. The molecule has 1 saturated heterocycles.